The summed E-state index contributed by atoms with van der Waals surface area (Å²) in [5.74, 6) is 5.47. The Morgan fingerprint density at radius 1 is 1.25 bits per heavy atom. The molecule has 5 nitrogen and oxygen atoms in total. The van der Waals surface area contributed by atoms with Crippen LogP contribution in [0.25, 0.3) is 0 Å². The predicted octanol–water partition coefficient (Wildman–Crippen LogP) is 3.00. The zero-order valence-electron chi connectivity index (χ0n) is 11.2. The van der Waals surface area contributed by atoms with E-state index in [0.717, 1.165) is 21.3 Å². The lowest BCUT2D eigenvalue weighted by molar-refractivity contribution is 0.102. The number of benzene rings is 1. The number of amides is 1. The summed E-state index contributed by atoms with van der Waals surface area (Å²) in [6, 6.07) is 8.95. The average Bonchev–Trinajstić information content (AvgIpc) is 2.42. The van der Waals surface area contributed by atoms with Crippen LogP contribution in [0.1, 0.15) is 21.6 Å². The number of halogens is 1. The average molecular weight is 335 g/mol. The summed E-state index contributed by atoms with van der Waals surface area (Å²) in [7, 11) is 0. The highest BCUT2D eigenvalue weighted by molar-refractivity contribution is 9.10. The summed E-state index contributed by atoms with van der Waals surface area (Å²) in [6.45, 7) is 3.89. The van der Waals surface area contributed by atoms with Gasteiger partial charge in [-0.2, -0.15) is 0 Å². The Morgan fingerprint density at radius 3 is 2.50 bits per heavy atom. The molecule has 0 atom stereocenters. The van der Waals surface area contributed by atoms with Crippen molar-refractivity contribution in [3.63, 3.8) is 0 Å². The van der Waals surface area contributed by atoms with Crippen LogP contribution in [0, 0.1) is 13.8 Å². The summed E-state index contributed by atoms with van der Waals surface area (Å²) in [5.41, 5.74) is 5.49. The molecule has 1 amide bonds. The van der Waals surface area contributed by atoms with Crippen molar-refractivity contribution in [2.75, 3.05) is 10.7 Å². The summed E-state index contributed by atoms with van der Waals surface area (Å²) in [6.07, 6.45) is 0. The first-order valence-corrected chi connectivity index (χ1v) is 6.82. The number of anilines is 2. The van der Waals surface area contributed by atoms with Crippen molar-refractivity contribution in [1.82, 2.24) is 4.98 Å². The summed E-state index contributed by atoms with van der Waals surface area (Å²) in [5, 5.41) is 2.88. The minimum Gasteiger partial charge on any atom is -0.320 e. The molecular weight excluding hydrogens is 320 g/mol. The molecule has 1 heterocycles. The Labute approximate surface area is 125 Å². The van der Waals surface area contributed by atoms with Gasteiger partial charge in [-0.15, -0.1) is 0 Å². The van der Waals surface area contributed by atoms with Gasteiger partial charge in [0.2, 0.25) is 0 Å². The van der Waals surface area contributed by atoms with Gasteiger partial charge in [0.1, 0.15) is 11.5 Å². The second-order valence-corrected chi connectivity index (χ2v) is 5.34. The third-order valence-corrected chi connectivity index (χ3v) is 3.32. The maximum absolute atomic E-state index is 12.2. The zero-order chi connectivity index (χ0) is 14.7. The molecule has 0 radical (unpaired) electrons. The molecule has 104 valence electrons. The number of nitrogen functional groups attached to an aromatic ring is 1. The van der Waals surface area contributed by atoms with E-state index in [9.17, 15) is 4.79 Å². The van der Waals surface area contributed by atoms with E-state index >= 15 is 0 Å². The molecule has 0 spiro atoms. The van der Waals surface area contributed by atoms with Crippen LogP contribution in [0.4, 0.5) is 11.5 Å². The third kappa shape index (κ3) is 3.15. The molecule has 1 aromatic heterocycles. The highest BCUT2D eigenvalue weighted by Crippen LogP contribution is 2.25. The van der Waals surface area contributed by atoms with E-state index in [-0.39, 0.29) is 5.91 Å². The van der Waals surface area contributed by atoms with Gasteiger partial charge in [0.05, 0.1) is 0 Å². The Bertz CT molecular complexity index is 634. The molecule has 0 aliphatic heterocycles. The van der Waals surface area contributed by atoms with E-state index < -0.39 is 0 Å². The van der Waals surface area contributed by atoms with E-state index in [1.54, 1.807) is 18.2 Å². The molecular formula is C14H15BrN4O. The third-order valence-electron chi connectivity index (χ3n) is 2.87. The number of nitrogens with two attached hydrogens (primary N) is 1. The van der Waals surface area contributed by atoms with Crippen molar-refractivity contribution in [3.8, 4) is 0 Å². The van der Waals surface area contributed by atoms with Crippen molar-refractivity contribution in [1.29, 1.82) is 0 Å². The van der Waals surface area contributed by atoms with Crippen LogP contribution in [-0.2, 0) is 0 Å². The van der Waals surface area contributed by atoms with Gasteiger partial charge >= 0.3 is 0 Å². The smallest absolute Gasteiger partial charge is 0.274 e. The van der Waals surface area contributed by atoms with Crippen LogP contribution in [-0.4, -0.2) is 10.9 Å². The maximum Gasteiger partial charge on any atom is 0.274 e. The van der Waals surface area contributed by atoms with Crippen molar-refractivity contribution < 1.29 is 4.79 Å². The first kappa shape index (κ1) is 14.5. The monoisotopic (exact) mass is 334 g/mol. The summed E-state index contributed by atoms with van der Waals surface area (Å²) in [4.78, 5) is 16.3. The SMILES string of the molecule is Cc1cc(Br)cc(C)c1NC(=O)c1cccc(NN)n1. The minimum atomic E-state index is -0.268. The molecule has 1 aromatic carbocycles. The van der Waals surface area contributed by atoms with Crippen molar-refractivity contribution in [2.24, 2.45) is 5.84 Å². The number of carbonyl (C=O) groups excluding carboxylic acids is 1. The van der Waals surface area contributed by atoms with E-state index in [4.69, 9.17) is 5.84 Å². The molecule has 0 unspecified atom stereocenters. The van der Waals surface area contributed by atoms with Crippen LogP contribution >= 0.6 is 15.9 Å². The first-order valence-electron chi connectivity index (χ1n) is 6.03. The number of rotatable bonds is 3. The van der Waals surface area contributed by atoms with E-state index in [1.165, 1.54) is 0 Å². The van der Waals surface area contributed by atoms with E-state index in [1.807, 2.05) is 26.0 Å². The summed E-state index contributed by atoms with van der Waals surface area (Å²) >= 11 is 3.43. The topological polar surface area (TPSA) is 80.0 Å². The predicted molar refractivity (Wildman–Crippen MR) is 83.6 cm³/mol. The molecule has 0 aliphatic rings. The molecule has 2 rings (SSSR count). The van der Waals surface area contributed by atoms with Crippen LogP contribution < -0.4 is 16.6 Å². The molecule has 6 heteroatoms. The number of aromatic nitrogens is 1. The molecule has 20 heavy (non-hydrogen) atoms. The number of hydrogen-bond donors (Lipinski definition) is 3. The van der Waals surface area contributed by atoms with Gasteiger partial charge in [-0.3, -0.25) is 4.79 Å². The fourth-order valence-corrected chi connectivity index (χ4v) is 2.61. The Kier molecular flexibility index (Phi) is 4.36. The van der Waals surface area contributed by atoms with Crippen LogP contribution in [0.15, 0.2) is 34.8 Å². The number of pyridine rings is 1. The highest BCUT2D eigenvalue weighted by Gasteiger charge is 2.12. The van der Waals surface area contributed by atoms with Gasteiger partial charge in [-0.1, -0.05) is 22.0 Å². The molecule has 0 saturated carbocycles. The molecule has 4 N–H and O–H groups in total. The van der Waals surface area contributed by atoms with Crippen LogP contribution in [0.5, 0.6) is 0 Å². The molecule has 0 saturated heterocycles. The number of carbonyl (C=O) groups is 1. The Hall–Kier alpha value is -1.92. The fraction of sp³-hybridized carbons (Fsp3) is 0.143. The maximum atomic E-state index is 12.2. The zero-order valence-corrected chi connectivity index (χ0v) is 12.8. The number of hydrazine groups is 1. The normalized spacial score (nSPS) is 10.2. The van der Waals surface area contributed by atoms with Gasteiger partial charge < -0.3 is 10.7 Å². The van der Waals surface area contributed by atoms with Gasteiger partial charge in [0.15, 0.2) is 0 Å². The molecule has 0 aliphatic carbocycles. The Morgan fingerprint density at radius 2 is 1.90 bits per heavy atom. The lowest BCUT2D eigenvalue weighted by Gasteiger charge is -2.12. The van der Waals surface area contributed by atoms with Crippen molar-refractivity contribution >= 4 is 33.3 Å². The van der Waals surface area contributed by atoms with Gasteiger partial charge in [0, 0.05) is 10.2 Å². The summed E-state index contributed by atoms with van der Waals surface area (Å²) < 4.78 is 0.984. The van der Waals surface area contributed by atoms with E-state index in [0.29, 0.717) is 11.5 Å². The number of nitrogens with zero attached hydrogens (tertiary/aromatic N) is 1. The van der Waals surface area contributed by atoms with Gasteiger partial charge in [-0.25, -0.2) is 10.8 Å². The van der Waals surface area contributed by atoms with Gasteiger partial charge in [0.25, 0.3) is 5.91 Å². The highest BCUT2D eigenvalue weighted by atomic mass is 79.9. The largest absolute Gasteiger partial charge is 0.320 e. The molecule has 2 aromatic rings. The molecule has 0 bridgehead atoms. The van der Waals surface area contributed by atoms with Crippen molar-refractivity contribution in [3.05, 3.63) is 51.6 Å². The second kappa shape index (κ2) is 6.02. The van der Waals surface area contributed by atoms with Gasteiger partial charge in [-0.05, 0) is 49.2 Å². The number of hydrogen-bond acceptors (Lipinski definition) is 4. The van der Waals surface area contributed by atoms with Crippen LogP contribution in [0.2, 0.25) is 0 Å². The molecule has 0 fully saturated rings. The lowest BCUT2D eigenvalue weighted by atomic mass is 10.1. The minimum absolute atomic E-state index is 0.268. The fourth-order valence-electron chi connectivity index (χ4n) is 1.93. The quantitative estimate of drug-likeness (QED) is 0.595. The second-order valence-electron chi connectivity index (χ2n) is 4.42. The standard InChI is InChI=1S/C14H15BrN4O/c1-8-6-10(15)7-9(2)13(8)18-14(20)11-4-3-5-12(17-11)19-16/h3-7H,16H2,1-2H3,(H,17,19)(H,18,20). The van der Waals surface area contributed by atoms with E-state index in [2.05, 4.69) is 31.7 Å². The number of nitrogens with one attached hydrogen (secondary N) is 2. The Balaban J connectivity index is 2.28. The first-order chi connectivity index (χ1) is 9.51. The van der Waals surface area contributed by atoms with Crippen LogP contribution in [0.3, 0.4) is 0 Å². The van der Waals surface area contributed by atoms with Crippen molar-refractivity contribution in [2.45, 2.75) is 13.8 Å². The lowest BCUT2D eigenvalue weighted by Crippen LogP contribution is -2.17. The number of aryl methyl sites for hydroxylation is 2.